The van der Waals surface area contributed by atoms with Gasteiger partial charge in [-0.25, -0.2) is 0 Å². The molecule has 4 unspecified atom stereocenters. The van der Waals surface area contributed by atoms with Crippen LogP contribution in [0.1, 0.15) is 26.3 Å². The Balaban J connectivity index is 2.12. The SMILES string of the molecule is COCC(NC(=O)C(COC)NC(C)C)C(=O)NC(Cc1ccccc1)C(=O)C1(C)CO1. The van der Waals surface area contributed by atoms with E-state index >= 15 is 0 Å². The average Bonchev–Trinajstić information content (AvgIpc) is 3.51. The first-order valence-corrected chi connectivity index (χ1v) is 10.8. The van der Waals surface area contributed by atoms with Crippen LogP contribution in [0.25, 0.3) is 0 Å². The van der Waals surface area contributed by atoms with Gasteiger partial charge in [0, 0.05) is 20.3 Å². The van der Waals surface area contributed by atoms with E-state index in [9.17, 15) is 14.4 Å². The van der Waals surface area contributed by atoms with Crippen molar-refractivity contribution in [2.75, 3.05) is 34.0 Å². The van der Waals surface area contributed by atoms with Gasteiger partial charge in [-0.3, -0.25) is 14.4 Å². The lowest BCUT2D eigenvalue weighted by Gasteiger charge is -2.26. The zero-order valence-corrected chi connectivity index (χ0v) is 19.5. The second-order valence-corrected chi connectivity index (χ2v) is 8.48. The first-order valence-electron chi connectivity index (χ1n) is 10.8. The summed E-state index contributed by atoms with van der Waals surface area (Å²) in [5.41, 5.74) is 0.0151. The maximum atomic E-state index is 13.1. The van der Waals surface area contributed by atoms with E-state index < -0.39 is 29.6 Å². The van der Waals surface area contributed by atoms with Gasteiger partial charge in [0.25, 0.3) is 0 Å². The predicted molar refractivity (Wildman–Crippen MR) is 119 cm³/mol. The monoisotopic (exact) mass is 449 g/mol. The first-order chi connectivity index (χ1) is 15.2. The van der Waals surface area contributed by atoms with Crippen molar-refractivity contribution in [3.05, 3.63) is 35.9 Å². The van der Waals surface area contributed by atoms with E-state index in [1.54, 1.807) is 6.92 Å². The molecule has 0 radical (unpaired) electrons. The van der Waals surface area contributed by atoms with Crippen molar-refractivity contribution in [1.82, 2.24) is 16.0 Å². The molecular weight excluding hydrogens is 414 g/mol. The molecule has 1 heterocycles. The summed E-state index contributed by atoms with van der Waals surface area (Å²) in [5, 5.41) is 8.61. The minimum absolute atomic E-state index is 0.0427. The van der Waals surface area contributed by atoms with Gasteiger partial charge in [-0.15, -0.1) is 0 Å². The molecule has 0 spiro atoms. The fraction of sp³-hybridized carbons (Fsp3) is 0.609. The van der Waals surface area contributed by atoms with Crippen LogP contribution < -0.4 is 16.0 Å². The molecule has 1 aliphatic rings. The molecule has 1 saturated heterocycles. The summed E-state index contributed by atoms with van der Waals surface area (Å²) in [7, 11) is 2.94. The highest BCUT2D eigenvalue weighted by Crippen LogP contribution is 2.29. The van der Waals surface area contributed by atoms with E-state index in [1.807, 2.05) is 44.2 Å². The van der Waals surface area contributed by atoms with E-state index in [4.69, 9.17) is 14.2 Å². The van der Waals surface area contributed by atoms with E-state index in [0.29, 0.717) is 13.0 Å². The molecule has 9 nitrogen and oxygen atoms in total. The Morgan fingerprint density at radius 3 is 2.03 bits per heavy atom. The Labute approximate surface area is 189 Å². The van der Waals surface area contributed by atoms with Crippen molar-refractivity contribution < 1.29 is 28.6 Å². The summed E-state index contributed by atoms with van der Waals surface area (Å²) in [5.74, 6) is -1.09. The number of rotatable bonds is 14. The lowest BCUT2D eigenvalue weighted by atomic mass is 9.94. The van der Waals surface area contributed by atoms with Gasteiger partial charge in [0.15, 0.2) is 5.78 Å². The number of carbonyl (C=O) groups is 3. The van der Waals surface area contributed by atoms with E-state index in [2.05, 4.69) is 16.0 Å². The molecule has 3 N–H and O–H groups in total. The van der Waals surface area contributed by atoms with Crippen LogP contribution in [0.4, 0.5) is 0 Å². The summed E-state index contributed by atoms with van der Waals surface area (Å²) < 4.78 is 15.6. The summed E-state index contributed by atoms with van der Waals surface area (Å²) in [4.78, 5) is 38.8. The number of methoxy groups -OCH3 is 2. The van der Waals surface area contributed by atoms with Crippen LogP contribution in [-0.2, 0) is 35.0 Å². The molecule has 32 heavy (non-hydrogen) atoms. The van der Waals surface area contributed by atoms with Crippen molar-refractivity contribution in [2.45, 2.75) is 57.0 Å². The van der Waals surface area contributed by atoms with Crippen LogP contribution in [0.5, 0.6) is 0 Å². The van der Waals surface area contributed by atoms with Crippen LogP contribution in [0.15, 0.2) is 30.3 Å². The van der Waals surface area contributed by atoms with Gasteiger partial charge >= 0.3 is 0 Å². The zero-order chi connectivity index (χ0) is 23.7. The van der Waals surface area contributed by atoms with Gasteiger partial charge < -0.3 is 30.2 Å². The molecule has 2 amide bonds. The first kappa shape index (κ1) is 25.9. The normalized spacial score (nSPS) is 20.3. The van der Waals surface area contributed by atoms with Crippen LogP contribution in [0.3, 0.4) is 0 Å². The van der Waals surface area contributed by atoms with Gasteiger partial charge in [-0.05, 0) is 18.9 Å². The Morgan fingerprint density at radius 1 is 0.969 bits per heavy atom. The maximum Gasteiger partial charge on any atom is 0.245 e. The fourth-order valence-corrected chi connectivity index (χ4v) is 3.34. The summed E-state index contributed by atoms with van der Waals surface area (Å²) in [6.07, 6.45) is 0.319. The van der Waals surface area contributed by atoms with E-state index in [0.717, 1.165) is 5.56 Å². The quantitative estimate of drug-likeness (QED) is 0.348. The smallest absolute Gasteiger partial charge is 0.245 e. The van der Waals surface area contributed by atoms with Gasteiger partial charge in [0.2, 0.25) is 11.8 Å². The number of benzene rings is 1. The largest absolute Gasteiger partial charge is 0.383 e. The molecule has 0 bridgehead atoms. The molecule has 0 aliphatic carbocycles. The molecule has 2 rings (SSSR count). The average molecular weight is 450 g/mol. The number of carbonyl (C=O) groups excluding carboxylic acids is 3. The van der Waals surface area contributed by atoms with Crippen LogP contribution in [0, 0.1) is 0 Å². The lowest BCUT2D eigenvalue weighted by molar-refractivity contribution is -0.134. The van der Waals surface area contributed by atoms with Crippen molar-refractivity contribution in [3.8, 4) is 0 Å². The lowest BCUT2D eigenvalue weighted by Crippen LogP contribution is -2.59. The molecule has 1 aromatic rings. The van der Waals surface area contributed by atoms with Crippen molar-refractivity contribution in [1.29, 1.82) is 0 Å². The Morgan fingerprint density at radius 2 is 1.50 bits per heavy atom. The maximum absolute atomic E-state index is 13.1. The number of ether oxygens (including phenoxy) is 3. The van der Waals surface area contributed by atoms with Crippen LogP contribution in [-0.4, -0.2) is 81.4 Å². The molecule has 178 valence electrons. The van der Waals surface area contributed by atoms with Gasteiger partial charge in [0.1, 0.15) is 17.7 Å². The third-order valence-corrected chi connectivity index (χ3v) is 5.16. The molecule has 9 heteroatoms. The molecule has 0 aromatic heterocycles. The van der Waals surface area contributed by atoms with Gasteiger partial charge in [0.05, 0.1) is 25.9 Å². The summed E-state index contributed by atoms with van der Waals surface area (Å²) in [6.45, 7) is 5.96. The predicted octanol–water partition coefficient (Wildman–Crippen LogP) is 0.216. The second-order valence-electron chi connectivity index (χ2n) is 8.48. The van der Waals surface area contributed by atoms with Gasteiger partial charge in [-0.2, -0.15) is 0 Å². The topological polar surface area (TPSA) is 118 Å². The van der Waals surface area contributed by atoms with Crippen molar-refractivity contribution >= 4 is 17.6 Å². The minimum Gasteiger partial charge on any atom is -0.383 e. The van der Waals surface area contributed by atoms with Gasteiger partial charge in [-0.1, -0.05) is 44.2 Å². The highest BCUT2D eigenvalue weighted by Gasteiger charge is 2.50. The van der Waals surface area contributed by atoms with E-state index in [-0.39, 0.29) is 30.9 Å². The third kappa shape index (κ3) is 7.67. The Kier molecular flexibility index (Phi) is 9.77. The molecule has 0 saturated carbocycles. The standard InChI is InChI=1S/C23H35N3O6/c1-15(2)24-18(12-30-4)21(28)26-19(13-31-5)22(29)25-17(20(27)23(3)14-32-23)11-16-9-7-6-8-10-16/h6-10,15,17-19,24H,11-14H2,1-5H3,(H,25,29)(H,26,28). The number of epoxide rings is 1. The van der Waals surface area contributed by atoms with Crippen molar-refractivity contribution in [3.63, 3.8) is 0 Å². The summed E-state index contributed by atoms with van der Waals surface area (Å²) >= 11 is 0. The molecular formula is C23H35N3O6. The summed E-state index contributed by atoms with van der Waals surface area (Å²) in [6, 6.07) is 7.07. The Hall–Kier alpha value is -2.33. The van der Waals surface area contributed by atoms with Crippen molar-refractivity contribution in [2.24, 2.45) is 0 Å². The number of Topliss-reactive ketones (excluding diaryl/α,β-unsaturated/α-hetero) is 1. The number of nitrogens with one attached hydrogen (secondary N) is 3. The Bertz CT molecular complexity index is 766. The second kappa shape index (κ2) is 12.1. The number of hydrogen-bond donors (Lipinski definition) is 3. The number of amides is 2. The third-order valence-electron chi connectivity index (χ3n) is 5.16. The number of hydrogen-bond acceptors (Lipinski definition) is 7. The minimum atomic E-state index is -0.972. The molecule has 4 atom stereocenters. The highest BCUT2D eigenvalue weighted by molar-refractivity contribution is 5.98. The zero-order valence-electron chi connectivity index (χ0n) is 19.5. The van der Waals surface area contributed by atoms with Crippen LogP contribution >= 0.6 is 0 Å². The molecule has 1 fully saturated rings. The van der Waals surface area contributed by atoms with Crippen LogP contribution in [0.2, 0.25) is 0 Å². The molecule has 1 aromatic carbocycles. The fourth-order valence-electron chi connectivity index (χ4n) is 3.34. The number of ketones is 1. The molecule has 1 aliphatic heterocycles. The van der Waals surface area contributed by atoms with E-state index in [1.165, 1.54) is 14.2 Å². The highest BCUT2D eigenvalue weighted by atomic mass is 16.6.